The third-order valence-electron chi connectivity index (χ3n) is 3.25. The predicted molar refractivity (Wildman–Crippen MR) is 79.1 cm³/mol. The summed E-state index contributed by atoms with van der Waals surface area (Å²) in [5.41, 5.74) is 0. The van der Waals surface area contributed by atoms with Crippen molar-refractivity contribution in [2.24, 2.45) is 0 Å². The SMILES string of the molecule is CC1(S(=O)(=O)c2ccc(OCCOS(C)(=O)=O)cc2)COC1. The monoisotopic (exact) mass is 350 g/mol. The van der Waals surface area contributed by atoms with Gasteiger partial charge in [0.1, 0.15) is 23.7 Å². The molecule has 0 N–H and O–H groups in total. The molecular weight excluding hydrogens is 332 g/mol. The normalized spacial score (nSPS) is 17.7. The minimum Gasteiger partial charge on any atom is -0.491 e. The van der Waals surface area contributed by atoms with Gasteiger partial charge in [0.2, 0.25) is 0 Å². The fraction of sp³-hybridized carbons (Fsp3) is 0.538. The molecule has 1 aliphatic heterocycles. The van der Waals surface area contributed by atoms with Crippen LogP contribution in [-0.2, 0) is 28.9 Å². The molecule has 1 heterocycles. The Labute approximate surface area is 130 Å². The molecule has 1 fully saturated rings. The van der Waals surface area contributed by atoms with E-state index >= 15 is 0 Å². The zero-order chi connectivity index (χ0) is 16.4. The Balaban J connectivity index is 1.96. The van der Waals surface area contributed by atoms with Crippen LogP contribution in [0.1, 0.15) is 6.92 Å². The van der Waals surface area contributed by atoms with Gasteiger partial charge in [0, 0.05) is 0 Å². The van der Waals surface area contributed by atoms with Crippen molar-refractivity contribution in [2.75, 3.05) is 32.7 Å². The highest BCUT2D eigenvalue weighted by Crippen LogP contribution is 2.32. The molecule has 124 valence electrons. The number of hydrogen-bond acceptors (Lipinski definition) is 7. The molecule has 1 saturated heterocycles. The number of ether oxygens (including phenoxy) is 2. The third-order valence-corrected chi connectivity index (χ3v) is 6.27. The molecule has 0 atom stereocenters. The zero-order valence-electron chi connectivity index (χ0n) is 12.3. The van der Waals surface area contributed by atoms with E-state index in [9.17, 15) is 16.8 Å². The highest BCUT2D eigenvalue weighted by Gasteiger charge is 2.46. The smallest absolute Gasteiger partial charge is 0.264 e. The molecule has 0 amide bonds. The summed E-state index contributed by atoms with van der Waals surface area (Å²) < 4.78 is 60.3. The van der Waals surface area contributed by atoms with Gasteiger partial charge in [-0.3, -0.25) is 4.18 Å². The van der Waals surface area contributed by atoms with Gasteiger partial charge in [0.15, 0.2) is 9.84 Å². The van der Waals surface area contributed by atoms with Gasteiger partial charge in [-0.15, -0.1) is 0 Å². The lowest BCUT2D eigenvalue weighted by Gasteiger charge is -2.37. The lowest BCUT2D eigenvalue weighted by Crippen LogP contribution is -2.53. The molecular formula is C13H18O7S2. The first-order valence-electron chi connectivity index (χ1n) is 6.54. The average molecular weight is 350 g/mol. The van der Waals surface area contributed by atoms with Crippen LogP contribution in [0.3, 0.4) is 0 Å². The van der Waals surface area contributed by atoms with Crippen molar-refractivity contribution in [1.29, 1.82) is 0 Å². The summed E-state index contributed by atoms with van der Waals surface area (Å²) in [5.74, 6) is 0.436. The summed E-state index contributed by atoms with van der Waals surface area (Å²) >= 11 is 0. The van der Waals surface area contributed by atoms with Gasteiger partial charge in [-0.2, -0.15) is 8.42 Å². The lowest BCUT2D eigenvalue weighted by atomic mass is 10.1. The van der Waals surface area contributed by atoms with E-state index in [2.05, 4.69) is 4.18 Å². The van der Waals surface area contributed by atoms with Gasteiger partial charge >= 0.3 is 0 Å². The van der Waals surface area contributed by atoms with Crippen molar-refractivity contribution in [3.05, 3.63) is 24.3 Å². The fourth-order valence-electron chi connectivity index (χ4n) is 1.89. The lowest BCUT2D eigenvalue weighted by molar-refractivity contribution is -0.00490. The number of sulfone groups is 1. The molecule has 1 aliphatic rings. The van der Waals surface area contributed by atoms with Gasteiger partial charge in [-0.05, 0) is 31.2 Å². The van der Waals surface area contributed by atoms with Crippen molar-refractivity contribution in [3.8, 4) is 5.75 Å². The van der Waals surface area contributed by atoms with Crippen molar-refractivity contribution in [1.82, 2.24) is 0 Å². The van der Waals surface area contributed by atoms with Crippen LogP contribution >= 0.6 is 0 Å². The zero-order valence-corrected chi connectivity index (χ0v) is 13.9. The topological polar surface area (TPSA) is 96.0 Å². The highest BCUT2D eigenvalue weighted by molar-refractivity contribution is 7.93. The molecule has 9 heteroatoms. The van der Waals surface area contributed by atoms with Crippen molar-refractivity contribution in [2.45, 2.75) is 16.6 Å². The largest absolute Gasteiger partial charge is 0.491 e. The van der Waals surface area contributed by atoms with E-state index in [0.717, 1.165) is 6.26 Å². The Morgan fingerprint density at radius 1 is 1.09 bits per heavy atom. The first-order valence-corrected chi connectivity index (χ1v) is 9.84. The molecule has 0 saturated carbocycles. The summed E-state index contributed by atoms with van der Waals surface area (Å²) in [7, 11) is -6.94. The molecule has 22 heavy (non-hydrogen) atoms. The number of benzene rings is 1. The van der Waals surface area contributed by atoms with Crippen LogP contribution in [0.5, 0.6) is 5.75 Å². The van der Waals surface area contributed by atoms with Gasteiger partial charge in [-0.25, -0.2) is 8.42 Å². The van der Waals surface area contributed by atoms with Crippen molar-refractivity contribution < 1.29 is 30.5 Å². The van der Waals surface area contributed by atoms with Crippen LogP contribution < -0.4 is 4.74 Å². The minimum atomic E-state index is -3.49. The molecule has 2 rings (SSSR count). The molecule has 0 spiro atoms. The van der Waals surface area contributed by atoms with E-state index in [0.29, 0.717) is 5.75 Å². The van der Waals surface area contributed by atoms with Gasteiger partial charge in [-0.1, -0.05) is 0 Å². The number of hydrogen-bond donors (Lipinski definition) is 0. The fourth-order valence-corrected chi connectivity index (χ4v) is 3.80. The van der Waals surface area contributed by atoms with Crippen LogP contribution in [-0.4, -0.2) is 54.3 Å². The van der Waals surface area contributed by atoms with Gasteiger partial charge < -0.3 is 9.47 Å². The summed E-state index contributed by atoms with van der Waals surface area (Å²) in [6.07, 6.45) is 0.956. The predicted octanol–water partition coefficient (Wildman–Crippen LogP) is 0.604. The van der Waals surface area contributed by atoms with Crippen LogP contribution in [0, 0.1) is 0 Å². The van der Waals surface area contributed by atoms with Crippen molar-refractivity contribution >= 4 is 20.0 Å². The first kappa shape index (κ1) is 17.2. The van der Waals surface area contributed by atoms with Gasteiger partial charge in [0.25, 0.3) is 10.1 Å². The van der Waals surface area contributed by atoms with Crippen LogP contribution in [0.4, 0.5) is 0 Å². The summed E-state index contributed by atoms with van der Waals surface area (Å²) in [6.45, 7) is 1.98. The van der Waals surface area contributed by atoms with Crippen LogP contribution in [0.2, 0.25) is 0 Å². The maximum atomic E-state index is 12.4. The molecule has 0 aromatic heterocycles. The van der Waals surface area contributed by atoms with E-state index in [-0.39, 0.29) is 31.3 Å². The summed E-state index contributed by atoms with van der Waals surface area (Å²) in [6, 6.07) is 5.98. The van der Waals surface area contributed by atoms with E-state index in [1.165, 1.54) is 24.3 Å². The molecule has 7 nitrogen and oxygen atoms in total. The molecule has 0 unspecified atom stereocenters. The summed E-state index contributed by atoms with van der Waals surface area (Å²) in [4.78, 5) is 0.207. The van der Waals surface area contributed by atoms with E-state index in [4.69, 9.17) is 9.47 Å². The van der Waals surface area contributed by atoms with Crippen molar-refractivity contribution in [3.63, 3.8) is 0 Å². The first-order chi connectivity index (χ1) is 10.1. The van der Waals surface area contributed by atoms with E-state index in [1.807, 2.05) is 0 Å². The maximum absolute atomic E-state index is 12.4. The van der Waals surface area contributed by atoms with Gasteiger partial charge in [0.05, 0.1) is 24.4 Å². The Morgan fingerprint density at radius 3 is 2.14 bits per heavy atom. The quantitative estimate of drug-likeness (QED) is 0.525. The second-order valence-corrected chi connectivity index (χ2v) is 9.40. The Hall–Kier alpha value is -1.16. The Bertz CT molecular complexity index is 716. The Morgan fingerprint density at radius 2 is 1.68 bits per heavy atom. The highest BCUT2D eigenvalue weighted by atomic mass is 32.2. The second kappa shape index (κ2) is 6.15. The molecule has 1 aromatic rings. The van der Waals surface area contributed by atoms with E-state index < -0.39 is 24.7 Å². The second-order valence-electron chi connectivity index (χ2n) is 5.29. The minimum absolute atomic E-state index is 0.0464. The molecule has 0 bridgehead atoms. The molecule has 0 aliphatic carbocycles. The van der Waals surface area contributed by atoms with Crippen LogP contribution in [0.15, 0.2) is 29.2 Å². The standard InChI is InChI=1S/C13H18O7S2/c1-13(9-18-10-13)22(16,17)12-5-3-11(4-6-12)19-7-8-20-21(2,14)15/h3-6H,7-10H2,1-2H3. The Kier molecular flexibility index (Phi) is 4.81. The average Bonchev–Trinajstić information content (AvgIpc) is 2.40. The molecule has 1 aromatic carbocycles. The number of rotatable bonds is 7. The molecule has 0 radical (unpaired) electrons. The van der Waals surface area contributed by atoms with E-state index in [1.54, 1.807) is 6.92 Å². The maximum Gasteiger partial charge on any atom is 0.264 e. The third kappa shape index (κ3) is 3.78. The summed E-state index contributed by atoms with van der Waals surface area (Å²) in [5, 5.41) is 0. The van der Waals surface area contributed by atoms with Crippen LogP contribution in [0.25, 0.3) is 0 Å².